The molecular weight excluding hydrogens is 174 g/mol. The van der Waals surface area contributed by atoms with Gasteiger partial charge in [-0.15, -0.1) is 0 Å². The Labute approximate surface area is 82.6 Å². The van der Waals surface area contributed by atoms with E-state index in [9.17, 15) is 0 Å². The van der Waals surface area contributed by atoms with Crippen LogP contribution in [0.15, 0.2) is 30.3 Å². The van der Waals surface area contributed by atoms with Crippen LogP contribution in [0, 0.1) is 0 Å². The van der Waals surface area contributed by atoms with Gasteiger partial charge in [0.05, 0.1) is 11.2 Å². The number of nitrogens with zero attached hydrogens (tertiary/aromatic N) is 1. The van der Waals surface area contributed by atoms with Crippen molar-refractivity contribution in [2.24, 2.45) is 5.73 Å². The topological polar surface area (TPSA) is 54.7 Å². The minimum atomic E-state index is 0.683. The molecule has 0 atom stereocenters. The van der Waals surface area contributed by atoms with Crippen molar-refractivity contribution >= 4 is 17.0 Å². The Morgan fingerprint density at radius 1 is 1.36 bits per heavy atom. The van der Waals surface area contributed by atoms with E-state index in [0.717, 1.165) is 23.0 Å². The van der Waals surface area contributed by atoms with Gasteiger partial charge in [-0.3, -0.25) is 5.10 Å². The Bertz CT molecular complexity index is 442. The number of para-hydroxylation sites is 1. The third-order valence-corrected chi connectivity index (χ3v) is 2.11. The zero-order chi connectivity index (χ0) is 9.80. The van der Waals surface area contributed by atoms with Crippen LogP contribution in [0.4, 0.5) is 0 Å². The van der Waals surface area contributed by atoms with Gasteiger partial charge < -0.3 is 5.73 Å². The molecule has 3 nitrogen and oxygen atoms in total. The number of rotatable bonds is 3. The first-order chi connectivity index (χ1) is 6.92. The molecule has 1 aromatic carbocycles. The number of nitrogens with two attached hydrogens (primary N) is 1. The van der Waals surface area contributed by atoms with Gasteiger partial charge in [0, 0.05) is 5.39 Å². The summed E-state index contributed by atoms with van der Waals surface area (Å²) in [5.41, 5.74) is 7.45. The summed E-state index contributed by atoms with van der Waals surface area (Å²) in [6.07, 6.45) is 4.98. The Balaban J connectivity index is 2.34. The molecule has 0 aliphatic rings. The number of fused-ring (bicyclic) bond motifs is 1. The normalized spacial score (nSPS) is 11.5. The fourth-order valence-corrected chi connectivity index (χ4v) is 1.40. The van der Waals surface area contributed by atoms with Crippen LogP contribution in [0.3, 0.4) is 0 Å². The van der Waals surface area contributed by atoms with Crippen LogP contribution in [-0.4, -0.2) is 16.7 Å². The third kappa shape index (κ3) is 1.67. The van der Waals surface area contributed by atoms with Crippen LogP contribution in [0.25, 0.3) is 17.0 Å². The van der Waals surface area contributed by atoms with Gasteiger partial charge in [-0.1, -0.05) is 24.3 Å². The first kappa shape index (κ1) is 8.97. The molecule has 2 rings (SSSR count). The van der Waals surface area contributed by atoms with E-state index in [1.165, 1.54) is 0 Å². The highest BCUT2D eigenvalue weighted by atomic mass is 15.1. The van der Waals surface area contributed by atoms with Crippen molar-refractivity contribution in [3.63, 3.8) is 0 Å². The van der Waals surface area contributed by atoms with E-state index in [1.807, 2.05) is 24.3 Å². The van der Waals surface area contributed by atoms with Crippen LogP contribution in [0.5, 0.6) is 0 Å². The maximum atomic E-state index is 5.40. The minimum absolute atomic E-state index is 0.683. The van der Waals surface area contributed by atoms with Crippen molar-refractivity contribution in [2.75, 3.05) is 6.54 Å². The summed E-state index contributed by atoms with van der Waals surface area (Å²) in [6.45, 7) is 0.683. The zero-order valence-electron chi connectivity index (χ0n) is 7.90. The van der Waals surface area contributed by atoms with Gasteiger partial charge in [0.1, 0.15) is 0 Å². The van der Waals surface area contributed by atoms with Gasteiger partial charge in [-0.25, -0.2) is 0 Å². The van der Waals surface area contributed by atoms with E-state index in [1.54, 1.807) is 0 Å². The van der Waals surface area contributed by atoms with E-state index in [4.69, 9.17) is 5.73 Å². The minimum Gasteiger partial charge on any atom is -0.330 e. The quantitative estimate of drug-likeness (QED) is 0.771. The van der Waals surface area contributed by atoms with Crippen molar-refractivity contribution < 1.29 is 0 Å². The van der Waals surface area contributed by atoms with Gasteiger partial charge in [-0.05, 0) is 25.1 Å². The van der Waals surface area contributed by atoms with Crippen LogP contribution in [-0.2, 0) is 0 Å². The SMILES string of the molecule is NCCC=Cc1[nH]nc2ccccc12. The molecule has 3 heteroatoms. The van der Waals surface area contributed by atoms with E-state index in [-0.39, 0.29) is 0 Å². The fraction of sp³-hybridized carbons (Fsp3) is 0.182. The van der Waals surface area contributed by atoms with Crippen LogP contribution in [0.2, 0.25) is 0 Å². The lowest BCUT2D eigenvalue weighted by Crippen LogP contribution is -1.94. The van der Waals surface area contributed by atoms with Crippen LogP contribution < -0.4 is 5.73 Å². The molecule has 0 saturated carbocycles. The molecule has 0 fully saturated rings. The van der Waals surface area contributed by atoms with Gasteiger partial charge in [-0.2, -0.15) is 5.10 Å². The summed E-state index contributed by atoms with van der Waals surface area (Å²) < 4.78 is 0. The van der Waals surface area contributed by atoms with Crippen molar-refractivity contribution in [3.05, 3.63) is 36.0 Å². The Kier molecular flexibility index (Phi) is 2.60. The third-order valence-electron chi connectivity index (χ3n) is 2.11. The van der Waals surface area contributed by atoms with Gasteiger partial charge in [0.15, 0.2) is 0 Å². The highest BCUT2D eigenvalue weighted by Gasteiger charge is 1.99. The molecule has 72 valence electrons. The highest BCUT2D eigenvalue weighted by Crippen LogP contribution is 2.15. The molecule has 1 aromatic heterocycles. The smallest absolute Gasteiger partial charge is 0.0927 e. The molecule has 0 aliphatic carbocycles. The second-order valence-corrected chi connectivity index (χ2v) is 3.13. The van der Waals surface area contributed by atoms with Crippen molar-refractivity contribution in [2.45, 2.75) is 6.42 Å². The highest BCUT2D eigenvalue weighted by molar-refractivity contribution is 5.86. The lowest BCUT2D eigenvalue weighted by molar-refractivity contribution is 1.01. The Morgan fingerprint density at radius 3 is 3.07 bits per heavy atom. The van der Waals surface area contributed by atoms with E-state index >= 15 is 0 Å². The predicted molar refractivity (Wildman–Crippen MR) is 58.8 cm³/mol. The molecule has 3 N–H and O–H groups in total. The summed E-state index contributed by atoms with van der Waals surface area (Å²) in [4.78, 5) is 0. The monoisotopic (exact) mass is 187 g/mol. The second-order valence-electron chi connectivity index (χ2n) is 3.13. The number of hydrogen-bond donors (Lipinski definition) is 2. The molecule has 0 saturated heterocycles. The summed E-state index contributed by atoms with van der Waals surface area (Å²) in [5.74, 6) is 0. The summed E-state index contributed by atoms with van der Waals surface area (Å²) in [7, 11) is 0. The summed E-state index contributed by atoms with van der Waals surface area (Å²) in [6, 6.07) is 8.04. The molecule has 0 bridgehead atoms. The Morgan fingerprint density at radius 2 is 2.21 bits per heavy atom. The molecule has 0 spiro atoms. The lowest BCUT2D eigenvalue weighted by Gasteiger charge is -1.89. The van der Waals surface area contributed by atoms with E-state index in [2.05, 4.69) is 22.3 Å². The van der Waals surface area contributed by atoms with E-state index < -0.39 is 0 Å². The van der Waals surface area contributed by atoms with Gasteiger partial charge in [0.2, 0.25) is 0 Å². The Hall–Kier alpha value is -1.61. The maximum Gasteiger partial charge on any atom is 0.0927 e. The average molecular weight is 187 g/mol. The molecule has 2 aromatic rings. The molecule has 0 radical (unpaired) electrons. The number of H-pyrrole nitrogens is 1. The molecule has 0 amide bonds. The predicted octanol–water partition coefficient (Wildman–Crippen LogP) is 1.92. The van der Waals surface area contributed by atoms with Crippen molar-refractivity contribution in [1.29, 1.82) is 0 Å². The van der Waals surface area contributed by atoms with Crippen molar-refractivity contribution in [3.8, 4) is 0 Å². The molecule has 0 aliphatic heterocycles. The number of aromatic nitrogens is 2. The zero-order valence-corrected chi connectivity index (χ0v) is 7.90. The number of nitrogens with one attached hydrogen (secondary N) is 1. The maximum absolute atomic E-state index is 5.40. The first-order valence-electron chi connectivity index (χ1n) is 4.71. The number of hydrogen-bond acceptors (Lipinski definition) is 2. The molecular formula is C11H13N3. The summed E-state index contributed by atoms with van der Waals surface area (Å²) in [5, 5.41) is 8.34. The largest absolute Gasteiger partial charge is 0.330 e. The van der Waals surface area contributed by atoms with Crippen molar-refractivity contribution in [1.82, 2.24) is 10.2 Å². The fourth-order valence-electron chi connectivity index (χ4n) is 1.40. The van der Waals surface area contributed by atoms with Crippen LogP contribution in [0.1, 0.15) is 12.1 Å². The molecule has 1 heterocycles. The summed E-state index contributed by atoms with van der Waals surface area (Å²) >= 11 is 0. The average Bonchev–Trinajstić information content (AvgIpc) is 2.63. The molecule has 14 heavy (non-hydrogen) atoms. The van der Waals surface area contributed by atoms with Gasteiger partial charge in [0.25, 0.3) is 0 Å². The first-order valence-corrected chi connectivity index (χ1v) is 4.71. The number of benzene rings is 1. The second kappa shape index (κ2) is 4.07. The number of aromatic amines is 1. The lowest BCUT2D eigenvalue weighted by atomic mass is 10.2. The van der Waals surface area contributed by atoms with Gasteiger partial charge >= 0.3 is 0 Å². The van der Waals surface area contributed by atoms with Crippen LogP contribution >= 0.6 is 0 Å². The molecule has 0 unspecified atom stereocenters. The standard InChI is InChI=1S/C11H13N3/c12-8-4-3-7-11-9-5-1-2-6-10(9)13-14-11/h1-3,5-7H,4,8,12H2,(H,13,14). The van der Waals surface area contributed by atoms with E-state index in [0.29, 0.717) is 6.54 Å².